The molecule has 0 saturated heterocycles. The molecule has 2 aromatic rings. The number of hydrogen-bond acceptors (Lipinski definition) is 6. The van der Waals surface area contributed by atoms with Gasteiger partial charge >= 0.3 is 0 Å². The molecule has 0 fully saturated rings. The summed E-state index contributed by atoms with van der Waals surface area (Å²) in [6.45, 7) is 0.181. The number of ether oxygens (including phenoxy) is 1. The lowest BCUT2D eigenvalue weighted by Crippen LogP contribution is -2.47. The molecule has 2 heterocycles. The number of fused-ring (bicyclic) bond motifs is 1. The first-order chi connectivity index (χ1) is 11.2. The van der Waals surface area contributed by atoms with Gasteiger partial charge in [-0.05, 0) is 23.8 Å². The van der Waals surface area contributed by atoms with E-state index in [0.717, 1.165) is 4.90 Å². The Morgan fingerprint density at radius 1 is 1.43 bits per heavy atom. The third kappa shape index (κ3) is 2.94. The van der Waals surface area contributed by atoms with Crippen molar-refractivity contribution in [2.45, 2.75) is 12.5 Å². The van der Waals surface area contributed by atoms with E-state index < -0.39 is 12.0 Å². The number of carbonyl (C=O) groups excluding carboxylic acids is 2. The lowest BCUT2D eigenvalue weighted by Gasteiger charge is -2.25. The van der Waals surface area contributed by atoms with Gasteiger partial charge in [-0.3, -0.25) is 19.5 Å². The lowest BCUT2D eigenvalue weighted by atomic mass is 10.1. The summed E-state index contributed by atoms with van der Waals surface area (Å²) in [5, 5.41) is 11.4. The van der Waals surface area contributed by atoms with Gasteiger partial charge in [0.1, 0.15) is 6.67 Å². The van der Waals surface area contributed by atoms with Crippen molar-refractivity contribution >= 4 is 18.3 Å². The molecule has 1 N–H and O–H groups in total. The molecule has 0 saturated carbocycles. The molecule has 7 nitrogen and oxygen atoms in total. The Kier molecular flexibility index (Phi) is 4.09. The topological polar surface area (TPSA) is 92.3 Å². The SMILES string of the molecule is O=COC(Cc1ccoc1)C(=O)N1CN=c2ccccc2=C1O. The first-order valence-corrected chi connectivity index (χ1v) is 6.95. The van der Waals surface area contributed by atoms with Crippen LogP contribution in [0.1, 0.15) is 5.56 Å². The van der Waals surface area contributed by atoms with Crippen LogP contribution in [0, 0.1) is 0 Å². The van der Waals surface area contributed by atoms with E-state index in [4.69, 9.17) is 9.15 Å². The quantitative estimate of drug-likeness (QED) is 0.791. The second kappa shape index (κ2) is 6.35. The molecule has 1 aromatic heterocycles. The summed E-state index contributed by atoms with van der Waals surface area (Å²) in [6.07, 6.45) is 2.02. The number of furan rings is 1. The summed E-state index contributed by atoms with van der Waals surface area (Å²) in [5.41, 5.74) is 0.707. The predicted molar refractivity (Wildman–Crippen MR) is 78.3 cm³/mol. The zero-order valence-electron chi connectivity index (χ0n) is 12.1. The Bertz CT molecular complexity index is 828. The van der Waals surface area contributed by atoms with Crippen molar-refractivity contribution < 1.29 is 23.8 Å². The van der Waals surface area contributed by atoms with Crippen LogP contribution >= 0.6 is 0 Å². The van der Waals surface area contributed by atoms with Gasteiger partial charge in [-0.15, -0.1) is 0 Å². The van der Waals surface area contributed by atoms with E-state index in [-0.39, 0.29) is 25.4 Å². The van der Waals surface area contributed by atoms with Gasteiger partial charge in [0.2, 0.25) is 5.88 Å². The molecule has 1 aliphatic rings. The van der Waals surface area contributed by atoms with E-state index in [1.807, 2.05) is 0 Å². The number of aliphatic hydroxyl groups excluding tert-OH is 1. The minimum atomic E-state index is -1.06. The number of carbonyl (C=O) groups is 2. The number of nitrogens with zero attached hydrogens (tertiary/aromatic N) is 2. The molecule has 1 atom stereocenters. The molecule has 1 aliphatic heterocycles. The summed E-state index contributed by atoms with van der Waals surface area (Å²) in [6, 6.07) is 8.62. The standard InChI is InChI=1S/C16H14N2O5/c19-10-23-14(7-11-5-6-22-8-11)16(21)18-9-17-13-4-2-1-3-12(13)15(18)20/h1-6,8,10,14,20H,7,9H2. The van der Waals surface area contributed by atoms with Crippen molar-refractivity contribution in [3.63, 3.8) is 0 Å². The molecule has 1 amide bonds. The van der Waals surface area contributed by atoms with Gasteiger partial charge < -0.3 is 14.3 Å². The second-order valence-corrected chi connectivity index (χ2v) is 4.96. The highest BCUT2D eigenvalue weighted by molar-refractivity contribution is 5.86. The fourth-order valence-corrected chi connectivity index (χ4v) is 2.39. The summed E-state index contributed by atoms with van der Waals surface area (Å²) < 4.78 is 9.83. The Balaban J connectivity index is 1.89. The van der Waals surface area contributed by atoms with Gasteiger partial charge in [0, 0.05) is 6.42 Å². The van der Waals surface area contributed by atoms with Crippen LogP contribution in [-0.2, 0) is 20.7 Å². The largest absolute Gasteiger partial charge is 0.494 e. The molecule has 3 rings (SSSR count). The maximum atomic E-state index is 12.6. The van der Waals surface area contributed by atoms with E-state index in [1.165, 1.54) is 12.5 Å². The van der Waals surface area contributed by atoms with Gasteiger partial charge in [-0.2, -0.15) is 0 Å². The average Bonchev–Trinajstić information content (AvgIpc) is 3.08. The molecular formula is C16H14N2O5. The van der Waals surface area contributed by atoms with E-state index >= 15 is 0 Å². The zero-order valence-corrected chi connectivity index (χ0v) is 12.1. The summed E-state index contributed by atoms with van der Waals surface area (Å²) >= 11 is 0. The van der Waals surface area contributed by atoms with Crippen LogP contribution in [0.4, 0.5) is 0 Å². The van der Waals surface area contributed by atoms with Crippen molar-refractivity contribution in [1.82, 2.24) is 4.90 Å². The Morgan fingerprint density at radius 2 is 2.26 bits per heavy atom. The molecule has 0 spiro atoms. The number of hydrogen-bond donors (Lipinski definition) is 1. The highest BCUT2D eigenvalue weighted by Gasteiger charge is 2.30. The Hall–Kier alpha value is -3.09. The van der Waals surface area contributed by atoms with E-state index in [9.17, 15) is 14.7 Å². The highest BCUT2D eigenvalue weighted by atomic mass is 16.5. The normalized spacial score (nSPS) is 14.6. The first kappa shape index (κ1) is 14.8. The minimum absolute atomic E-state index is 0.0359. The van der Waals surface area contributed by atoms with Crippen molar-refractivity contribution in [2.75, 3.05) is 6.67 Å². The van der Waals surface area contributed by atoms with Gasteiger partial charge in [0.25, 0.3) is 12.4 Å². The molecule has 23 heavy (non-hydrogen) atoms. The van der Waals surface area contributed by atoms with Gasteiger partial charge in [-0.1, -0.05) is 12.1 Å². The lowest BCUT2D eigenvalue weighted by molar-refractivity contribution is -0.150. The van der Waals surface area contributed by atoms with Crippen molar-refractivity contribution in [3.05, 3.63) is 59.0 Å². The van der Waals surface area contributed by atoms with Crippen molar-refractivity contribution in [2.24, 2.45) is 4.99 Å². The zero-order chi connectivity index (χ0) is 16.2. The van der Waals surface area contributed by atoms with E-state index in [1.54, 1.807) is 30.3 Å². The molecule has 118 valence electrons. The van der Waals surface area contributed by atoms with Gasteiger partial charge in [0.05, 0.1) is 23.1 Å². The minimum Gasteiger partial charge on any atom is -0.494 e. The summed E-state index contributed by atoms with van der Waals surface area (Å²) in [5.74, 6) is -0.749. The summed E-state index contributed by atoms with van der Waals surface area (Å²) in [7, 11) is 0. The van der Waals surface area contributed by atoms with Crippen molar-refractivity contribution in [1.29, 1.82) is 0 Å². The smallest absolute Gasteiger partial charge is 0.293 e. The number of para-hydroxylation sites is 1. The van der Waals surface area contributed by atoms with Crippen LogP contribution in [0.25, 0.3) is 5.88 Å². The Labute approximate surface area is 131 Å². The molecule has 0 radical (unpaired) electrons. The van der Waals surface area contributed by atoms with Crippen LogP contribution in [0.3, 0.4) is 0 Å². The van der Waals surface area contributed by atoms with Crippen molar-refractivity contribution in [3.8, 4) is 0 Å². The number of rotatable bonds is 5. The maximum absolute atomic E-state index is 12.6. The first-order valence-electron chi connectivity index (χ1n) is 6.95. The Morgan fingerprint density at radius 3 is 3.00 bits per heavy atom. The fraction of sp³-hybridized carbons (Fsp3) is 0.188. The van der Waals surface area contributed by atoms with Crippen LogP contribution in [-0.4, -0.2) is 35.2 Å². The number of benzene rings is 1. The molecule has 1 unspecified atom stereocenters. The van der Waals surface area contributed by atoms with Crippen LogP contribution < -0.4 is 10.6 Å². The maximum Gasteiger partial charge on any atom is 0.293 e. The molecule has 7 heteroatoms. The number of amides is 1. The van der Waals surface area contributed by atoms with Crippen LogP contribution in [0.15, 0.2) is 52.3 Å². The van der Waals surface area contributed by atoms with Gasteiger partial charge in [0.15, 0.2) is 6.10 Å². The third-order valence-corrected chi connectivity index (χ3v) is 3.55. The monoisotopic (exact) mass is 314 g/mol. The van der Waals surface area contributed by atoms with Gasteiger partial charge in [-0.25, -0.2) is 0 Å². The predicted octanol–water partition coefficient (Wildman–Crippen LogP) is 0.107. The fourth-order valence-electron chi connectivity index (χ4n) is 2.39. The summed E-state index contributed by atoms with van der Waals surface area (Å²) in [4.78, 5) is 28.6. The van der Waals surface area contributed by atoms with Crippen LogP contribution in [0.5, 0.6) is 0 Å². The molecular weight excluding hydrogens is 300 g/mol. The van der Waals surface area contributed by atoms with E-state index in [2.05, 4.69) is 4.99 Å². The van der Waals surface area contributed by atoms with E-state index in [0.29, 0.717) is 16.1 Å². The molecule has 0 bridgehead atoms. The molecule has 0 aliphatic carbocycles. The second-order valence-electron chi connectivity index (χ2n) is 4.96. The average molecular weight is 314 g/mol. The number of aliphatic hydroxyl groups is 1. The highest BCUT2D eigenvalue weighted by Crippen LogP contribution is 2.13. The molecule has 1 aromatic carbocycles. The van der Waals surface area contributed by atoms with Crippen LogP contribution in [0.2, 0.25) is 0 Å². The third-order valence-electron chi connectivity index (χ3n) is 3.55.